The number of para-hydroxylation sites is 3. The third-order valence-electron chi connectivity index (χ3n) is 9.96. The molecule has 0 bridgehead atoms. The van der Waals surface area contributed by atoms with Gasteiger partial charge < -0.3 is 14.7 Å². The van der Waals surface area contributed by atoms with Crippen LogP contribution in [0.15, 0.2) is 124 Å². The summed E-state index contributed by atoms with van der Waals surface area (Å²) in [5.41, 5.74) is 6.80. The molecule has 0 amide bonds. The van der Waals surface area contributed by atoms with Crippen LogP contribution in [0.1, 0.15) is 58.2 Å². The first kappa shape index (κ1) is 31.9. The molecule has 0 unspecified atom stereocenters. The van der Waals surface area contributed by atoms with Crippen molar-refractivity contribution in [3.8, 4) is 0 Å². The minimum Gasteiger partial charge on any atom is -0.324 e. The summed E-state index contributed by atoms with van der Waals surface area (Å²) < 4.78 is 0. The van der Waals surface area contributed by atoms with Crippen molar-refractivity contribution in [1.82, 2.24) is 0 Å². The van der Waals surface area contributed by atoms with Gasteiger partial charge >= 0.3 is 0 Å². The predicted octanol–water partition coefficient (Wildman–Crippen LogP) is 8.56. The van der Waals surface area contributed by atoms with Crippen LogP contribution < -0.4 is 14.7 Å². The molecule has 246 valence electrons. The summed E-state index contributed by atoms with van der Waals surface area (Å²) in [5.74, 6) is 4.32. The number of anilines is 3. The zero-order chi connectivity index (χ0) is 33.4. The summed E-state index contributed by atoms with van der Waals surface area (Å²) in [5, 5.41) is 0. The average molecular weight is 637 g/mol. The Balaban J connectivity index is 1.43. The maximum atomic E-state index is 5.43. The van der Waals surface area contributed by atoms with Gasteiger partial charge in [0, 0.05) is 53.4 Å². The van der Waals surface area contributed by atoms with Gasteiger partial charge in [-0.25, -0.2) is 0 Å². The van der Waals surface area contributed by atoms with Gasteiger partial charge in [-0.1, -0.05) is 96.1 Å². The predicted molar refractivity (Wildman–Crippen MR) is 203 cm³/mol. The lowest BCUT2D eigenvalue weighted by Gasteiger charge is -2.26. The molecule has 0 radical (unpaired) electrons. The maximum Gasteiger partial charge on any atom is 0.135 e. The van der Waals surface area contributed by atoms with Gasteiger partial charge in [0.15, 0.2) is 0 Å². The first-order valence-electron chi connectivity index (χ1n) is 17.6. The Labute approximate surface area is 286 Å². The molecule has 0 aromatic heterocycles. The number of nitrogens with zero attached hydrogens (tertiary/aromatic N) is 6. The highest BCUT2D eigenvalue weighted by atomic mass is 15.3. The van der Waals surface area contributed by atoms with E-state index in [2.05, 4.69) is 165 Å². The summed E-state index contributed by atoms with van der Waals surface area (Å²) in [4.78, 5) is 23.5. The molecule has 4 aromatic carbocycles. The SMILES string of the molecule is CC(C)[C@@H]1CN(c2ccccc2)C(c2cc(C3=N[C@H](C(C)C)CN3c3ccccc3)cc(C3=N[C@H](C(C)C)CN3c3ccccc3)c2)=N1. The zero-order valence-corrected chi connectivity index (χ0v) is 29.2. The molecule has 48 heavy (non-hydrogen) atoms. The lowest BCUT2D eigenvalue weighted by atomic mass is 10.0. The molecule has 0 N–H and O–H groups in total. The molecule has 0 saturated carbocycles. The van der Waals surface area contributed by atoms with Gasteiger partial charge in [0.2, 0.25) is 0 Å². The van der Waals surface area contributed by atoms with E-state index in [9.17, 15) is 0 Å². The van der Waals surface area contributed by atoms with Crippen molar-refractivity contribution in [3.63, 3.8) is 0 Å². The van der Waals surface area contributed by atoms with Gasteiger partial charge in [-0.2, -0.15) is 0 Å². The van der Waals surface area contributed by atoms with Crippen molar-refractivity contribution in [2.75, 3.05) is 34.3 Å². The van der Waals surface area contributed by atoms with Crippen molar-refractivity contribution in [2.24, 2.45) is 32.7 Å². The van der Waals surface area contributed by atoms with Crippen molar-refractivity contribution in [3.05, 3.63) is 126 Å². The third-order valence-corrected chi connectivity index (χ3v) is 9.96. The van der Waals surface area contributed by atoms with Crippen LogP contribution >= 0.6 is 0 Å². The van der Waals surface area contributed by atoms with Crippen LogP contribution in [0.25, 0.3) is 0 Å². The van der Waals surface area contributed by atoms with Crippen LogP contribution in [0.2, 0.25) is 0 Å². The molecule has 0 aliphatic carbocycles. The van der Waals surface area contributed by atoms with E-state index in [1.165, 1.54) is 17.1 Å². The van der Waals surface area contributed by atoms with E-state index in [1.54, 1.807) is 0 Å². The number of hydrogen-bond donors (Lipinski definition) is 0. The fraction of sp³-hybridized carbons (Fsp3) is 0.357. The van der Waals surface area contributed by atoms with E-state index in [0.29, 0.717) is 17.8 Å². The highest BCUT2D eigenvalue weighted by Crippen LogP contribution is 2.33. The van der Waals surface area contributed by atoms with E-state index in [-0.39, 0.29) is 18.1 Å². The van der Waals surface area contributed by atoms with E-state index >= 15 is 0 Å². The number of rotatable bonds is 9. The molecule has 0 saturated heterocycles. The largest absolute Gasteiger partial charge is 0.324 e. The number of amidine groups is 3. The van der Waals surface area contributed by atoms with Gasteiger partial charge in [-0.15, -0.1) is 0 Å². The second-order valence-corrected chi connectivity index (χ2v) is 14.4. The summed E-state index contributed by atoms with van der Waals surface area (Å²) >= 11 is 0. The van der Waals surface area contributed by atoms with Crippen LogP contribution in [0.4, 0.5) is 17.1 Å². The molecule has 0 spiro atoms. The first-order valence-corrected chi connectivity index (χ1v) is 17.6. The Hall–Kier alpha value is -4.71. The molecular weight excluding hydrogens is 589 g/mol. The van der Waals surface area contributed by atoms with Gasteiger partial charge in [0.1, 0.15) is 17.5 Å². The molecule has 6 heteroatoms. The fourth-order valence-corrected chi connectivity index (χ4v) is 6.92. The quantitative estimate of drug-likeness (QED) is 0.185. The highest BCUT2D eigenvalue weighted by Gasteiger charge is 2.35. The monoisotopic (exact) mass is 636 g/mol. The zero-order valence-electron chi connectivity index (χ0n) is 29.2. The molecule has 3 aliphatic heterocycles. The Morgan fingerprint density at radius 3 is 0.896 bits per heavy atom. The minimum absolute atomic E-state index is 0.206. The van der Waals surface area contributed by atoms with Crippen LogP contribution in [-0.2, 0) is 0 Å². The van der Waals surface area contributed by atoms with Crippen molar-refractivity contribution >= 4 is 34.6 Å². The molecule has 3 heterocycles. The number of hydrogen-bond acceptors (Lipinski definition) is 6. The second-order valence-electron chi connectivity index (χ2n) is 14.4. The first-order chi connectivity index (χ1) is 23.3. The topological polar surface area (TPSA) is 46.8 Å². The van der Waals surface area contributed by atoms with E-state index in [0.717, 1.165) is 53.8 Å². The normalized spacial score (nSPS) is 21.1. The number of aliphatic imine (C=N–C) groups is 3. The summed E-state index contributed by atoms with van der Waals surface area (Å²) in [6, 6.07) is 39.7. The summed E-state index contributed by atoms with van der Waals surface area (Å²) in [6.45, 7) is 16.2. The molecule has 4 aromatic rings. The summed E-state index contributed by atoms with van der Waals surface area (Å²) in [7, 11) is 0. The molecule has 0 fully saturated rings. The molecule has 3 aliphatic rings. The van der Waals surface area contributed by atoms with E-state index < -0.39 is 0 Å². The third kappa shape index (κ3) is 6.28. The molecular formula is C42H48N6. The van der Waals surface area contributed by atoms with Crippen LogP contribution in [0.5, 0.6) is 0 Å². The smallest absolute Gasteiger partial charge is 0.135 e. The molecule has 7 rings (SSSR count). The number of benzene rings is 4. The van der Waals surface area contributed by atoms with Gasteiger partial charge in [-0.05, 0) is 72.4 Å². The Morgan fingerprint density at radius 1 is 0.417 bits per heavy atom. The van der Waals surface area contributed by atoms with Gasteiger partial charge in [0.25, 0.3) is 0 Å². The fourth-order valence-electron chi connectivity index (χ4n) is 6.92. The van der Waals surface area contributed by atoms with Crippen LogP contribution in [0, 0.1) is 17.8 Å². The Morgan fingerprint density at radius 2 is 0.667 bits per heavy atom. The standard InChI is InChI=1S/C42H48N6/c1-28(2)37-25-46(34-16-10-7-11-17-34)40(43-37)31-22-32(41-44-38(29(3)4)26-47(41)35-18-12-8-13-19-35)24-33(23-31)42-45-39(30(5)6)27-48(42)36-20-14-9-15-21-36/h7-24,28-30,37-39H,25-27H2,1-6H3/t37-,38-,39-/m0/s1. The lowest BCUT2D eigenvalue weighted by Crippen LogP contribution is -2.34. The van der Waals surface area contributed by atoms with Gasteiger partial charge in [0.05, 0.1) is 18.1 Å². The second kappa shape index (κ2) is 13.4. The molecule has 3 atom stereocenters. The summed E-state index contributed by atoms with van der Waals surface area (Å²) in [6.07, 6.45) is 0. The van der Waals surface area contributed by atoms with Gasteiger partial charge in [-0.3, -0.25) is 15.0 Å². The maximum absolute atomic E-state index is 5.43. The Bertz CT molecular complexity index is 1580. The lowest BCUT2D eigenvalue weighted by molar-refractivity contribution is 0.521. The average Bonchev–Trinajstić information content (AvgIpc) is 3.87. The Kier molecular flexibility index (Phi) is 8.91. The minimum atomic E-state index is 0.206. The highest BCUT2D eigenvalue weighted by molar-refractivity contribution is 6.19. The van der Waals surface area contributed by atoms with E-state index in [4.69, 9.17) is 15.0 Å². The van der Waals surface area contributed by atoms with E-state index in [1.807, 2.05) is 0 Å². The van der Waals surface area contributed by atoms with Crippen molar-refractivity contribution in [2.45, 2.75) is 59.7 Å². The van der Waals surface area contributed by atoms with Crippen molar-refractivity contribution in [1.29, 1.82) is 0 Å². The van der Waals surface area contributed by atoms with Crippen molar-refractivity contribution < 1.29 is 0 Å². The molecule has 6 nitrogen and oxygen atoms in total. The van der Waals surface area contributed by atoms with Crippen LogP contribution in [0.3, 0.4) is 0 Å². The van der Waals surface area contributed by atoms with Crippen LogP contribution in [-0.4, -0.2) is 55.3 Å².